The maximum Gasteiger partial charge on any atom is 0.162 e. The van der Waals surface area contributed by atoms with E-state index in [-0.39, 0.29) is 6.10 Å². The average Bonchev–Trinajstić information content (AvgIpc) is 2.56. The Morgan fingerprint density at radius 2 is 1.67 bits per heavy atom. The number of benzene rings is 2. The normalized spacial score (nSPS) is 15.7. The highest BCUT2D eigenvalue weighted by molar-refractivity contribution is 5.67. The molecule has 2 aromatic carbocycles. The number of rotatable bonds is 4. The molecule has 110 valence electrons. The molecule has 0 bridgehead atoms. The van der Waals surface area contributed by atoms with Gasteiger partial charge < -0.3 is 14.8 Å². The molecule has 0 amide bonds. The summed E-state index contributed by atoms with van der Waals surface area (Å²) >= 11 is 0. The summed E-state index contributed by atoms with van der Waals surface area (Å²) in [5.41, 5.74) is 2.34. The molecule has 1 saturated heterocycles. The largest absolute Gasteiger partial charge is 0.493 e. The summed E-state index contributed by atoms with van der Waals surface area (Å²) < 4.78 is 11.6. The molecule has 1 N–H and O–H groups in total. The molecule has 0 radical (unpaired) electrons. The Bertz CT molecular complexity index is 577. The highest BCUT2D eigenvalue weighted by atomic mass is 16.5. The maximum atomic E-state index is 6.17. The fourth-order valence-corrected chi connectivity index (χ4v) is 2.67. The van der Waals surface area contributed by atoms with Crippen LogP contribution in [0.1, 0.15) is 12.8 Å². The Balaban J connectivity index is 1.86. The van der Waals surface area contributed by atoms with Crippen LogP contribution in [0.15, 0.2) is 48.5 Å². The van der Waals surface area contributed by atoms with E-state index in [0.717, 1.165) is 43.0 Å². The minimum Gasteiger partial charge on any atom is -0.493 e. The van der Waals surface area contributed by atoms with Crippen LogP contribution in [0.2, 0.25) is 0 Å². The lowest BCUT2D eigenvalue weighted by Gasteiger charge is -2.25. The first-order valence-electron chi connectivity index (χ1n) is 7.47. The van der Waals surface area contributed by atoms with Crippen molar-refractivity contribution in [1.29, 1.82) is 0 Å². The second kappa shape index (κ2) is 6.64. The molecular formula is C18H21NO2. The predicted octanol–water partition coefficient (Wildman–Crippen LogP) is 3.49. The van der Waals surface area contributed by atoms with Crippen LogP contribution >= 0.6 is 0 Å². The van der Waals surface area contributed by atoms with E-state index in [0.29, 0.717) is 0 Å². The van der Waals surface area contributed by atoms with Crippen LogP contribution in [-0.2, 0) is 0 Å². The molecule has 0 unspecified atom stereocenters. The van der Waals surface area contributed by atoms with Crippen molar-refractivity contribution in [2.45, 2.75) is 18.9 Å². The van der Waals surface area contributed by atoms with Gasteiger partial charge in [0.15, 0.2) is 11.5 Å². The van der Waals surface area contributed by atoms with Gasteiger partial charge >= 0.3 is 0 Å². The third kappa shape index (κ3) is 3.37. The summed E-state index contributed by atoms with van der Waals surface area (Å²) in [4.78, 5) is 0. The lowest BCUT2D eigenvalue weighted by Crippen LogP contribution is -2.34. The molecule has 3 rings (SSSR count). The minimum absolute atomic E-state index is 0.270. The monoisotopic (exact) mass is 283 g/mol. The van der Waals surface area contributed by atoms with Crippen molar-refractivity contribution < 1.29 is 9.47 Å². The standard InChI is InChI=1S/C18H21NO2/c1-20-17-8-7-15(14-5-3-2-4-6-14)13-18(17)21-16-9-11-19-12-10-16/h2-8,13,16,19H,9-12H2,1H3. The van der Waals surface area contributed by atoms with E-state index in [1.165, 1.54) is 5.56 Å². The smallest absolute Gasteiger partial charge is 0.162 e. The number of nitrogens with one attached hydrogen (secondary N) is 1. The van der Waals surface area contributed by atoms with E-state index in [1.54, 1.807) is 7.11 Å². The second-order valence-electron chi connectivity index (χ2n) is 5.30. The lowest BCUT2D eigenvalue weighted by atomic mass is 10.0. The van der Waals surface area contributed by atoms with Crippen LogP contribution in [0.4, 0.5) is 0 Å². The number of hydrogen-bond acceptors (Lipinski definition) is 3. The molecule has 3 heteroatoms. The highest BCUT2D eigenvalue weighted by Gasteiger charge is 2.17. The summed E-state index contributed by atoms with van der Waals surface area (Å²) in [7, 11) is 1.69. The zero-order valence-electron chi connectivity index (χ0n) is 12.3. The van der Waals surface area contributed by atoms with Gasteiger partial charge in [0.05, 0.1) is 7.11 Å². The van der Waals surface area contributed by atoms with Gasteiger partial charge in [-0.05, 0) is 49.2 Å². The highest BCUT2D eigenvalue weighted by Crippen LogP contribution is 2.33. The molecule has 0 atom stereocenters. The van der Waals surface area contributed by atoms with Crippen molar-refractivity contribution in [3.8, 4) is 22.6 Å². The molecule has 2 aromatic rings. The van der Waals surface area contributed by atoms with Gasteiger partial charge in [-0.15, -0.1) is 0 Å². The first kappa shape index (κ1) is 14.0. The van der Waals surface area contributed by atoms with Crippen molar-refractivity contribution >= 4 is 0 Å². The number of ether oxygens (including phenoxy) is 2. The molecule has 1 fully saturated rings. The number of methoxy groups -OCH3 is 1. The van der Waals surface area contributed by atoms with Crippen LogP contribution in [0.25, 0.3) is 11.1 Å². The van der Waals surface area contributed by atoms with Crippen molar-refractivity contribution in [3.63, 3.8) is 0 Å². The summed E-state index contributed by atoms with van der Waals surface area (Å²) in [6.45, 7) is 2.04. The van der Waals surface area contributed by atoms with Gasteiger partial charge in [-0.25, -0.2) is 0 Å². The first-order chi connectivity index (χ1) is 10.4. The second-order valence-corrected chi connectivity index (χ2v) is 5.30. The third-order valence-corrected chi connectivity index (χ3v) is 3.85. The van der Waals surface area contributed by atoms with E-state index < -0.39 is 0 Å². The molecule has 0 spiro atoms. The van der Waals surface area contributed by atoms with Crippen molar-refractivity contribution in [2.24, 2.45) is 0 Å². The van der Waals surface area contributed by atoms with E-state index in [4.69, 9.17) is 9.47 Å². The Morgan fingerprint density at radius 3 is 2.38 bits per heavy atom. The summed E-state index contributed by atoms with van der Waals surface area (Å²) in [6.07, 6.45) is 2.35. The van der Waals surface area contributed by atoms with Crippen molar-refractivity contribution in [2.75, 3.05) is 20.2 Å². The molecule has 3 nitrogen and oxygen atoms in total. The predicted molar refractivity (Wildman–Crippen MR) is 84.9 cm³/mol. The number of piperidine rings is 1. The summed E-state index contributed by atoms with van der Waals surface area (Å²) in [5, 5.41) is 3.36. The molecule has 1 heterocycles. The molecule has 1 aliphatic heterocycles. The van der Waals surface area contributed by atoms with Gasteiger partial charge in [0.1, 0.15) is 6.10 Å². The number of hydrogen-bond donors (Lipinski definition) is 1. The van der Waals surface area contributed by atoms with Crippen LogP contribution in [0, 0.1) is 0 Å². The SMILES string of the molecule is COc1ccc(-c2ccccc2)cc1OC1CCNCC1. The average molecular weight is 283 g/mol. The Labute approximate surface area is 125 Å². The van der Waals surface area contributed by atoms with Gasteiger partial charge in [0.2, 0.25) is 0 Å². The topological polar surface area (TPSA) is 30.5 Å². The molecule has 1 aliphatic rings. The van der Waals surface area contributed by atoms with Crippen molar-refractivity contribution in [1.82, 2.24) is 5.32 Å². The zero-order chi connectivity index (χ0) is 14.5. The summed E-state index contributed by atoms with van der Waals surface area (Å²) in [5.74, 6) is 1.64. The molecule has 0 saturated carbocycles. The zero-order valence-corrected chi connectivity index (χ0v) is 12.3. The molecule has 0 aliphatic carbocycles. The van der Waals surface area contributed by atoms with Crippen molar-refractivity contribution in [3.05, 3.63) is 48.5 Å². The molecular weight excluding hydrogens is 262 g/mol. The van der Waals surface area contributed by atoms with Gasteiger partial charge in [0.25, 0.3) is 0 Å². The van der Waals surface area contributed by atoms with Crippen LogP contribution in [-0.4, -0.2) is 26.3 Å². The Morgan fingerprint density at radius 1 is 0.905 bits per heavy atom. The van der Waals surface area contributed by atoms with Crippen LogP contribution < -0.4 is 14.8 Å². The van der Waals surface area contributed by atoms with Crippen LogP contribution in [0.5, 0.6) is 11.5 Å². The molecule has 0 aromatic heterocycles. The maximum absolute atomic E-state index is 6.17. The van der Waals surface area contributed by atoms with Gasteiger partial charge in [0, 0.05) is 0 Å². The Kier molecular flexibility index (Phi) is 4.41. The van der Waals surface area contributed by atoms with Crippen LogP contribution in [0.3, 0.4) is 0 Å². The van der Waals surface area contributed by atoms with E-state index in [2.05, 4.69) is 29.6 Å². The summed E-state index contributed by atoms with van der Waals surface area (Å²) in [6, 6.07) is 16.5. The van der Waals surface area contributed by atoms with E-state index in [9.17, 15) is 0 Å². The van der Waals surface area contributed by atoms with E-state index >= 15 is 0 Å². The van der Waals surface area contributed by atoms with Gasteiger partial charge in [-0.2, -0.15) is 0 Å². The van der Waals surface area contributed by atoms with Gasteiger partial charge in [-0.1, -0.05) is 36.4 Å². The quantitative estimate of drug-likeness (QED) is 0.931. The minimum atomic E-state index is 0.270. The Hall–Kier alpha value is -2.00. The fraction of sp³-hybridized carbons (Fsp3) is 0.333. The fourth-order valence-electron chi connectivity index (χ4n) is 2.67. The molecule has 21 heavy (non-hydrogen) atoms. The third-order valence-electron chi connectivity index (χ3n) is 3.85. The first-order valence-corrected chi connectivity index (χ1v) is 7.47. The lowest BCUT2D eigenvalue weighted by molar-refractivity contribution is 0.157. The van der Waals surface area contributed by atoms with E-state index in [1.807, 2.05) is 24.3 Å². The van der Waals surface area contributed by atoms with Gasteiger partial charge in [-0.3, -0.25) is 0 Å².